The van der Waals surface area contributed by atoms with Gasteiger partial charge in [0.1, 0.15) is 23.2 Å². The molecule has 0 aromatic heterocycles. The largest absolute Gasteiger partial charge is 1.00 e. The molecule has 28 heavy (non-hydrogen) atoms. The van der Waals surface area contributed by atoms with Gasteiger partial charge in [0.2, 0.25) is 0 Å². The molecule has 0 aliphatic carbocycles. The molecule has 0 saturated carbocycles. The molecule has 0 aliphatic heterocycles. The van der Waals surface area contributed by atoms with Crippen molar-refractivity contribution in [2.75, 3.05) is 0 Å². The molecule has 4 aromatic rings. The number of halogens is 1. The Kier molecular flexibility index (Phi) is 6.68. The molecule has 0 spiro atoms. The Bertz CT molecular complexity index is 884. The molecule has 140 valence electrons. The van der Waals surface area contributed by atoms with Gasteiger partial charge in [-0.15, -0.1) is 0 Å². The van der Waals surface area contributed by atoms with Crippen LogP contribution in [0.25, 0.3) is 0 Å². The van der Waals surface area contributed by atoms with Crippen molar-refractivity contribution in [2.45, 2.75) is 13.1 Å². The summed E-state index contributed by atoms with van der Waals surface area (Å²) in [5.41, 5.74) is 2.70. The van der Waals surface area contributed by atoms with Crippen molar-refractivity contribution < 1.29 is 12.4 Å². The van der Waals surface area contributed by atoms with Crippen molar-refractivity contribution in [3.05, 3.63) is 126 Å². The maximum atomic E-state index is 2.31. The summed E-state index contributed by atoms with van der Waals surface area (Å²) in [5, 5.41) is 4.30. The molecule has 2 heteroatoms. The minimum absolute atomic E-state index is 0. The molecule has 0 nitrogen and oxygen atoms in total. The fourth-order valence-electron chi connectivity index (χ4n) is 3.74. The summed E-state index contributed by atoms with van der Waals surface area (Å²) in [5.74, 6) is 0. The van der Waals surface area contributed by atoms with Gasteiger partial charge in [-0.25, -0.2) is 0 Å². The van der Waals surface area contributed by atoms with Gasteiger partial charge in [0.15, 0.2) is 0 Å². The van der Waals surface area contributed by atoms with Crippen LogP contribution >= 0.6 is 7.26 Å². The van der Waals surface area contributed by atoms with Crippen molar-refractivity contribution in [3.8, 4) is 0 Å². The van der Waals surface area contributed by atoms with Gasteiger partial charge < -0.3 is 12.4 Å². The lowest BCUT2D eigenvalue weighted by Gasteiger charge is -2.27. The van der Waals surface area contributed by atoms with E-state index in [-0.39, 0.29) is 12.4 Å². The molecule has 0 bridgehead atoms. The predicted molar refractivity (Wildman–Crippen MR) is 120 cm³/mol. The second-order valence-electron chi connectivity index (χ2n) is 6.96. The molecule has 0 heterocycles. The zero-order valence-corrected chi connectivity index (χ0v) is 17.7. The highest BCUT2D eigenvalue weighted by Crippen LogP contribution is 2.58. The van der Waals surface area contributed by atoms with E-state index in [2.05, 4.69) is 122 Å². The Morgan fingerprint density at radius 3 is 1.21 bits per heavy atom. The third kappa shape index (κ3) is 4.04. The molecule has 0 fully saturated rings. The molecule has 0 saturated heterocycles. The lowest BCUT2D eigenvalue weighted by molar-refractivity contribution is -0.00000532. The average molecular weight is 403 g/mol. The molecular formula is C26H24ClP. The predicted octanol–water partition coefficient (Wildman–Crippen LogP) is 2.49. The van der Waals surface area contributed by atoms with Crippen LogP contribution in [0.3, 0.4) is 0 Å². The van der Waals surface area contributed by atoms with E-state index in [4.69, 9.17) is 0 Å². The summed E-state index contributed by atoms with van der Waals surface area (Å²) in [4.78, 5) is 0. The normalized spacial score (nSPS) is 10.9. The first kappa shape index (κ1) is 20.3. The summed E-state index contributed by atoms with van der Waals surface area (Å²) in [6.45, 7) is 2.15. The van der Waals surface area contributed by atoms with E-state index in [0.29, 0.717) is 0 Å². The highest BCUT2D eigenvalue weighted by atomic mass is 35.5. The van der Waals surface area contributed by atoms with Gasteiger partial charge >= 0.3 is 0 Å². The highest BCUT2D eigenvalue weighted by Gasteiger charge is 2.45. The quantitative estimate of drug-likeness (QED) is 0.450. The molecule has 0 aliphatic rings. The third-order valence-corrected chi connectivity index (χ3v) is 9.51. The fraction of sp³-hybridized carbons (Fsp3) is 0.0769. The SMILES string of the molecule is Cc1ccc(C[P+](c2ccccc2)(c2ccccc2)c2ccccc2)cc1.[Cl-]. The standard InChI is InChI=1S/C26H24P.ClH/c1-22-17-19-23(20-18-22)21-27(24-11-5-2-6-12-24,25-13-7-3-8-14-25)26-15-9-4-10-16-26;/h2-20H,21H2,1H3;1H/q+1;/p-1. The topological polar surface area (TPSA) is 0 Å². The van der Waals surface area contributed by atoms with Gasteiger partial charge in [-0.2, -0.15) is 0 Å². The van der Waals surface area contributed by atoms with Crippen LogP contribution in [0.5, 0.6) is 0 Å². The van der Waals surface area contributed by atoms with Gasteiger partial charge in [-0.3, -0.25) is 0 Å². The Hall–Kier alpha value is -2.40. The maximum Gasteiger partial charge on any atom is 0.116 e. The zero-order chi connectivity index (χ0) is 18.5. The Balaban J connectivity index is 0.00000225. The van der Waals surface area contributed by atoms with E-state index < -0.39 is 7.26 Å². The highest BCUT2D eigenvalue weighted by molar-refractivity contribution is 7.95. The van der Waals surface area contributed by atoms with Crippen LogP contribution in [0.2, 0.25) is 0 Å². The first-order chi connectivity index (χ1) is 13.3. The molecule has 4 aromatic carbocycles. The third-order valence-electron chi connectivity index (χ3n) is 5.13. The number of hydrogen-bond acceptors (Lipinski definition) is 0. The Labute approximate surface area is 175 Å². The Morgan fingerprint density at radius 2 is 0.857 bits per heavy atom. The van der Waals surface area contributed by atoms with Gasteiger partial charge in [0, 0.05) is 0 Å². The van der Waals surface area contributed by atoms with E-state index in [0.717, 1.165) is 6.16 Å². The summed E-state index contributed by atoms with van der Waals surface area (Å²) in [6.07, 6.45) is 1.03. The summed E-state index contributed by atoms with van der Waals surface area (Å²) < 4.78 is 0. The molecule has 0 unspecified atom stereocenters. The second-order valence-corrected chi connectivity index (χ2v) is 10.4. The number of aryl methyl sites for hydroxylation is 1. The van der Waals surface area contributed by atoms with Crippen LogP contribution in [0, 0.1) is 6.92 Å². The molecule has 0 amide bonds. The number of hydrogen-bond donors (Lipinski definition) is 0. The average Bonchev–Trinajstić information content (AvgIpc) is 2.75. The Morgan fingerprint density at radius 1 is 0.500 bits per heavy atom. The van der Waals surface area contributed by atoms with E-state index in [9.17, 15) is 0 Å². The second kappa shape index (κ2) is 9.20. The van der Waals surface area contributed by atoms with Crippen LogP contribution in [0.15, 0.2) is 115 Å². The fourth-order valence-corrected chi connectivity index (χ4v) is 7.98. The van der Waals surface area contributed by atoms with Crippen molar-refractivity contribution in [2.24, 2.45) is 0 Å². The molecule has 0 radical (unpaired) electrons. The van der Waals surface area contributed by atoms with Crippen LogP contribution in [-0.4, -0.2) is 0 Å². The number of benzene rings is 4. The minimum atomic E-state index is -1.79. The van der Waals surface area contributed by atoms with Crippen molar-refractivity contribution in [1.82, 2.24) is 0 Å². The van der Waals surface area contributed by atoms with Crippen LogP contribution in [0.4, 0.5) is 0 Å². The lowest BCUT2D eigenvalue weighted by atomic mass is 10.2. The van der Waals surface area contributed by atoms with Crippen molar-refractivity contribution in [3.63, 3.8) is 0 Å². The molecular weight excluding hydrogens is 379 g/mol. The van der Waals surface area contributed by atoms with Crippen LogP contribution in [-0.2, 0) is 6.16 Å². The van der Waals surface area contributed by atoms with E-state index in [1.807, 2.05) is 0 Å². The monoisotopic (exact) mass is 402 g/mol. The maximum absolute atomic E-state index is 2.31. The summed E-state index contributed by atoms with van der Waals surface area (Å²) in [6, 6.07) is 42.2. The van der Waals surface area contributed by atoms with E-state index >= 15 is 0 Å². The summed E-state index contributed by atoms with van der Waals surface area (Å²) in [7, 11) is -1.79. The van der Waals surface area contributed by atoms with E-state index in [1.54, 1.807) is 0 Å². The van der Waals surface area contributed by atoms with Crippen LogP contribution in [0.1, 0.15) is 11.1 Å². The van der Waals surface area contributed by atoms with Gasteiger partial charge in [0.05, 0.1) is 6.16 Å². The van der Waals surface area contributed by atoms with Crippen molar-refractivity contribution >= 4 is 23.2 Å². The lowest BCUT2D eigenvalue weighted by Crippen LogP contribution is -3.00. The van der Waals surface area contributed by atoms with Crippen molar-refractivity contribution in [1.29, 1.82) is 0 Å². The first-order valence-corrected chi connectivity index (χ1v) is 11.4. The van der Waals surface area contributed by atoms with E-state index in [1.165, 1.54) is 27.0 Å². The van der Waals surface area contributed by atoms with Crippen LogP contribution < -0.4 is 28.3 Å². The zero-order valence-electron chi connectivity index (χ0n) is 16.0. The summed E-state index contributed by atoms with van der Waals surface area (Å²) >= 11 is 0. The minimum Gasteiger partial charge on any atom is -1.00 e. The van der Waals surface area contributed by atoms with Gasteiger partial charge in [-0.05, 0) is 48.9 Å². The molecule has 0 atom stereocenters. The first-order valence-electron chi connectivity index (χ1n) is 9.39. The number of rotatable bonds is 5. The van der Waals surface area contributed by atoms with Gasteiger partial charge in [-0.1, -0.05) is 84.4 Å². The molecule has 0 N–H and O–H groups in total. The molecule has 4 rings (SSSR count). The van der Waals surface area contributed by atoms with Gasteiger partial charge in [0.25, 0.3) is 0 Å². The smallest absolute Gasteiger partial charge is 0.116 e.